The molecule has 1 aromatic heterocycles. The van der Waals surface area contributed by atoms with Gasteiger partial charge < -0.3 is 13.9 Å². The monoisotopic (exact) mass is 485 g/mol. The van der Waals surface area contributed by atoms with E-state index in [-0.39, 0.29) is 5.91 Å². The predicted molar refractivity (Wildman–Crippen MR) is 131 cm³/mol. The lowest BCUT2D eigenvalue weighted by Crippen LogP contribution is -2.27. The molecule has 2 heterocycles. The first-order valence-corrected chi connectivity index (χ1v) is 11.6. The molecule has 0 spiro atoms. The molecule has 5 nitrogen and oxygen atoms in total. The Kier molecular flexibility index (Phi) is 7.52. The standard InChI is InChI=1S/C24H20ClNO4S2/c25-20-14-17(9-10-21(20)30-13-5-12-28-18-6-2-1-3-7-18)15-22-23(27)26(24(31)32-22)16-19-8-4-11-29-19/h1-4,6-11,14-15H,5,12-13,16H2. The van der Waals surface area contributed by atoms with E-state index in [1.54, 1.807) is 30.5 Å². The maximum Gasteiger partial charge on any atom is 0.266 e. The van der Waals surface area contributed by atoms with Gasteiger partial charge in [0.2, 0.25) is 0 Å². The van der Waals surface area contributed by atoms with Gasteiger partial charge in [-0.05, 0) is 48.0 Å². The summed E-state index contributed by atoms with van der Waals surface area (Å²) in [5.41, 5.74) is 0.799. The van der Waals surface area contributed by atoms with E-state index >= 15 is 0 Å². The van der Waals surface area contributed by atoms with Gasteiger partial charge in [0.05, 0.1) is 35.9 Å². The van der Waals surface area contributed by atoms with Crippen LogP contribution in [-0.2, 0) is 11.3 Å². The van der Waals surface area contributed by atoms with Crippen LogP contribution in [0.5, 0.6) is 11.5 Å². The highest BCUT2D eigenvalue weighted by Gasteiger charge is 2.32. The third kappa shape index (κ3) is 5.73. The van der Waals surface area contributed by atoms with Crippen LogP contribution in [0.4, 0.5) is 0 Å². The molecule has 0 aliphatic carbocycles. The van der Waals surface area contributed by atoms with Crippen molar-refractivity contribution in [3.8, 4) is 11.5 Å². The number of thiocarbonyl (C=S) groups is 1. The van der Waals surface area contributed by atoms with Crippen molar-refractivity contribution in [1.82, 2.24) is 4.90 Å². The molecule has 8 heteroatoms. The summed E-state index contributed by atoms with van der Waals surface area (Å²) >= 11 is 13.0. The Morgan fingerprint density at radius 1 is 1.06 bits per heavy atom. The van der Waals surface area contributed by atoms with Crippen molar-refractivity contribution >= 4 is 51.9 Å². The van der Waals surface area contributed by atoms with Crippen LogP contribution < -0.4 is 9.47 Å². The second kappa shape index (κ2) is 10.7. The topological polar surface area (TPSA) is 51.9 Å². The largest absolute Gasteiger partial charge is 0.493 e. The highest BCUT2D eigenvalue weighted by molar-refractivity contribution is 8.26. The second-order valence-corrected chi connectivity index (χ2v) is 8.98. The number of carbonyl (C=O) groups excluding carboxylic acids is 1. The average Bonchev–Trinajstić information content (AvgIpc) is 3.40. The van der Waals surface area contributed by atoms with Gasteiger partial charge in [0.25, 0.3) is 5.91 Å². The fraction of sp³-hybridized carbons (Fsp3) is 0.167. The summed E-state index contributed by atoms with van der Waals surface area (Å²) in [6, 6.07) is 18.7. The Morgan fingerprint density at radius 2 is 1.88 bits per heavy atom. The Labute approximate surface area is 200 Å². The highest BCUT2D eigenvalue weighted by Crippen LogP contribution is 2.35. The van der Waals surface area contributed by atoms with E-state index in [0.717, 1.165) is 17.7 Å². The number of amides is 1. The second-order valence-electron chi connectivity index (χ2n) is 6.90. The summed E-state index contributed by atoms with van der Waals surface area (Å²) in [5, 5.41) is 0.480. The molecule has 1 fully saturated rings. The van der Waals surface area contributed by atoms with Crippen molar-refractivity contribution in [2.45, 2.75) is 13.0 Å². The van der Waals surface area contributed by atoms with E-state index in [1.807, 2.05) is 42.5 Å². The molecular formula is C24H20ClNO4S2. The Morgan fingerprint density at radius 3 is 2.62 bits per heavy atom. The molecule has 1 aliphatic heterocycles. The van der Waals surface area contributed by atoms with Crippen LogP contribution in [0.25, 0.3) is 6.08 Å². The van der Waals surface area contributed by atoms with Crippen LogP contribution in [-0.4, -0.2) is 28.3 Å². The predicted octanol–water partition coefficient (Wildman–Crippen LogP) is 6.18. The zero-order chi connectivity index (χ0) is 22.3. The maximum atomic E-state index is 12.7. The zero-order valence-electron chi connectivity index (χ0n) is 17.0. The van der Waals surface area contributed by atoms with E-state index in [4.69, 9.17) is 37.7 Å². The first kappa shape index (κ1) is 22.5. The molecule has 3 aromatic rings. The smallest absolute Gasteiger partial charge is 0.266 e. The number of furan rings is 1. The Balaban J connectivity index is 1.31. The minimum atomic E-state index is -0.147. The molecule has 1 saturated heterocycles. The number of benzene rings is 2. The van der Waals surface area contributed by atoms with E-state index in [0.29, 0.717) is 45.5 Å². The number of thioether (sulfide) groups is 1. The summed E-state index contributed by atoms with van der Waals surface area (Å²) in [5.74, 6) is 1.96. The molecule has 0 unspecified atom stereocenters. The van der Waals surface area contributed by atoms with Crippen molar-refractivity contribution in [2.75, 3.05) is 13.2 Å². The summed E-state index contributed by atoms with van der Waals surface area (Å²) in [6.45, 7) is 1.35. The molecule has 0 atom stereocenters. The number of hydrogen-bond donors (Lipinski definition) is 0. The molecule has 0 bridgehead atoms. The summed E-state index contributed by atoms with van der Waals surface area (Å²) in [6.07, 6.45) is 4.08. The van der Waals surface area contributed by atoms with Gasteiger partial charge in [-0.2, -0.15) is 0 Å². The van der Waals surface area contributed by atoms with Crippen molar-refractivity contribution in [2.24, 2.45) is 0 Å². The Bertz CT molecular complexity index is 1120. The molecular weight excluding hydrogens is 466 g/mol. The van der Waals surface area contributed by atoms with E-state index < -0.39 is 0 Å². The number of ether oxygens (including phenoxy) is 2. The summed E-state index contributed by atoms with van der Waals surface area (Å²) < 4.78 is 17.2. The lowest BCUT2D eigenvalue weighted by molar-refractivity contribution is -0.122. The lowest BCUT2D eigenvalue weighted by Gasteiger charge is -2.12. The van der Waals surface area contributed by atoms with Gasteiger partial charge in [0, 0.05) is 6.42 Å². The van der Waals surface area contributed by atoms with E-state index in [9.17, 15) is 4.79 Å². The van der Waals surface area contributed by atoms with Crippen LogP contribution >= 0.6 is 35.6 Å². The van der Waals surface area contributed by atoms with Crippen molar-refractivity contribution in [3.63, 3.8) is 0 Å². The fourth-order valence-corrected chi connectivity index (χ4v) is 4.52. The van der Waals surface area contributed by atoms with Crippen LogP contribution in [0.3, 0.4) is 0 Å². The number of nitrogens with zero attached hydrogens (tertiary/aromatic N) is 1. The highest BCUT2D eigenvalue weighted by atomic mass is 35.5. The number of hydrogen-bond acceptors (Lipinski definition) is 6. The number of rotatable bonds is 9. The minimum Gasteiger partial charge on any atom is -0.493 e. The molecule has 1 amide bonds. The molecule has 0 radical (unpaired) electrons. The van der Waals surface area contributed by atoms with E-state index in [1.165, 1.54) is 16.7 Å². The number of para-hydroxylation sites is 1. The number of carbonyl (C=O) groups is 1. The molecule has 0 saturated carbocycles. The van der Waals surface area contributed by atoms with Crippen LogP contribution in [0, 0.1) is 0 Å². The molecule has 32 heavy (non-hydrogen) atoms. The lowest BCUT2D eigenvalue weighted by atomic mass is 10.2. The van der Waals surface area contributed by atoms with Gasteiger partial charge in [-0.3, -0.25) is 9.69 Å². The molecule has 0 N–H and O–H groups in total. The zero-order valence-corrected chi connectivity index (χ0v) is 19.4. The average molecular weight is 486 g/mol. The van der Waals surface area contributed by atoms with Gasteiger partial charge in [-0.15, -0.1) is 0 Å². The van der Waals surface area contributed by atoms with Crippen LogP contribution in [0.15, 0.2) is 76.2 Å². The van der Waals surface area contributed by atoms with Crippen molar-refractivity contribution in [3.05, 3.63) is 88.2 Å². The quantitative estimate of drug-likeness (QED) is 0.205. The third-order valence-corrected chi connectivity index (χ3v) is 6.25. The van der Waals surface area contributed by atoms with Gasteiger partial charge in [0.1, 0.15) is 21.6 Å². The first-order valence-electron chi connectivity index (χ1n) is 9.98. The van der Waals surface area contributed by atoms with Gasteiger partial charge >= 0.3 is 0 Å². The number of halogens is 1. The summed E-state index contributed by atoms with van der Waals surface area (Å²) in [7, 11) is 0. The summed E-state index contributed by atoms with van der Waals surface area (Å²) in [4.78, 5) is 14.8. The normalized spacial score (nSPS) is 14.9. The molecule has 2 aromatic carbocycles. The Hall–Kier alpha value is -2.74. The van der Waals surface area contributed by atoms with Gasteiger partial charge in [-0.25, -0.2) is 0 Å². The molecule has 4 rings (SSSR count). The van der Waals surface area contributed by atoms with Gasteiger partial charge in [-0.1, -0.05) is 59.8 Å². The SMILES string of the molecule is O=C1C(=Cc2ccc(OCCCOc3ccccc3)c(Cl)c2)SC(=S)N1Cc1ccco1. The van der Waals surface area contributed by atoms with Crippen molar-refractivity contribution < 1.29 is 18.7 Å². The fourth-order valence-electron chi connectivity index (χ4n) is 3.02. The van der Waals surface area contributed by atoms with Crippen LogP contribution in [0.2, 0.25) is 5.02 Å². The minimum absolute atomic E-state index is 0.147. The van der Waals surface area contributed by atoms with E-state index in [2.05, 4.69) is 0 Å². The third-order valence-electron chi connectivity index (χ3n) is 4.58. The molecule has 164 valence electrons. The van der Waals surface area contributed by atoms with Crippen LogP contribution in [0.1, 0.15) is 17.7 Å². The van der Waals surface area contributed by atoms with Gasteiger partial charge in [0.15, 0.2) is 0 Å². The van der Waals surface area contributed by atoms with Crippen molar-refractivity contribution in [1.29, 1.82) is 0 Å². The first-order chi connectivity index (χ1) is 15.6. The maximum absolute atomic E-state index is 12.7. The molecule has 1 aliphatic rings.